The van der Waals surface area contributed by atoms with E-state index in [0.29, 0.717) is 19.5 Å². The molecule has 0 aromatic heterocycles. The summed E-state index contributed by atoms with van der Waals surface area (Å²) >= 11 is 0. The molecule has 5 nitrogen and oxygen atoms in total. The van der Waals surface area contributed by atoms with Crippen molar-refractivity contribution in [3.63, 3.8) is 0 Å². The zero-order valence-electron chi connectivity index (χ0n) is 15.1. The van der Waals surface area contributed by atoms with Crippen molar-refractivity contribution in [3.05, 3.63) is 65.2 Å². The lowest BCUT2D eigenvalue weighted by Gasteiger charge is -2.35. The van der Waals surface area contributed by atoms with Crippen molar-refractivity contribution in [2.45, 2.75) is 25.3 Å². The molecule has 1 saturated carbocycles. The first-order valence-electron chi connectivity index (χ1n) is 9.50. The van der Waals surface area contributed by atoms with Gasteiger partial charge in [-0.15, -0.1) is 0 Å². The molecular formula is C22H22N2O3. The van der Waals surface area contributed by atoms with E-state index in [-0.39, 0.29) is 30.9 Å². The van der Waals surface area contributed by atoms with E-state index in [9.17, 15) is 14.7 Å². The van der Waals surface area contributed by atoms with Crippen molar-refractivity contribution in [3.8, 4) is 0 Å². The Hall–Kier alpha value is -2.66. The fourth-order valence-corrected chi connectivity index (χ4v) is 4.70. The van der Waals surface area contributed by atoms with Gasteiger partial charge in [0.15, 0.2) is 0 Å². The van der Waals surface area contributed by atoms with Crippen LogP contribution in [-0.4, -0.2) is 41.5 Å². The van der Waals surface area contributed by atoms with Crippen LogP contribution in [0.5, 0.6) is 0 Å². The van der Waals surface area contributed by atoms with E-state index in [1.807, 2.05) is 41.3 Å². The molecule has 1 fully saturated rings. The van der Waals surface area contributed by atoms with Gasteiger partial charge in [-0.25, -0.2) is 0 Å². The summed E-state index contributed by atoms with van der Waals surface area (Å²) in [5, 5.41) is 9.85. The molecule has 0 spiro atoms. The third-order valence-electron chi connectivity index (χ3n) is 6.41. The van der Waals surface area contributed by atoms with Crippen LogP contribution in [0, 0.1) is 5.41 Å². The number of benzene rings is 2. The third-order valence-corrected chi connectivity index (χ3v) is 6.41. The first-order valence-corrected chi connectivity index (χ1v) is 9.50. The molecule has 138 valence electrons. The fraction of sp³-hybridized carbons (Fsp3) is 0.364. The van der Waals surface area contributed by atoms with Crippen LogP contribution in [0.1, 0.15) is 29.0 Å². The Morgan fingerprint density at radius 1 is 1.11 bits per heavy atom. The van der Waals surface area contributed by atoms with Crippen molar-refractivity contribution < 1.29 is 14.7 Å². The predicted molar refractivity (Wildman–Crippen MR) is 101 cm³/mol. The summed E-state index contributed by atoms with van der Waals surface area (Å²) < 4.78 is 0. The van der Waals surface area contributed by atoms with E-state index in [1.165, 1.54) is 11.1 Å². The van der Waals surface area contributed by atoms with Gasteiger partial charge >= 0.3 is 0 Å². The van der Waals surface area contributed by atoms with Gasteiger partial charge in [-0.3, -0.25) is 9.59 Å². The van der Waals surface area contributed by atoms with Gasteiger partial charge in [0.1, 0.15) is 6.54 Å². The van der Waals surface area contributed by atoms with E-state index in [4.69, 9.17) is 0 Å². The fourth-order valence-electron chi connectivity index (χ4n) is 4.70. The number of aliphatic hydroxyl groups is 1. The number of para-hydroxylation sites is 1. The van der Waals surface area contributed by atoms with Crippen LogP contribution < -0.4 is 4.90 Å². The quantitative estimate of drug-likeness (QED) is 0.909. The van der Waals surface area contributed by atoms with E-state index < -0.39 is 5.41 Å². The Labute approximate surface area is 158 Å². The maximum atomic E-state index is 13.1. The number of nitrogens with zero attached hydrogens (tertiary/aromatic N) is 2. The molecule has 2 aromatic rings. The number of hydrogen-bond acceptors (Lipinski definition) is 3. The molecule has 2 amide bonds. The number of rotatable bonds is 3. The molecule has 5 rings (SSSR count). The largest absolute Gasteiger partial charge is 0.395 e. The molecule has 2 aromatic carbocycles. The Balaban J connectivity index is 1.41. The number of amides is 2. The smallest absolute Gasteiger partial charge is 0.242 e. The van der Waals surface area contributed by atoms with Crippen molar-refractivity contribution in [1.82, 2.24) is 4.90 Å². The standard InChI is InChI=1S/C22H22N2O3/c25-14-22-11-18(22)17-7-3-4-8-19(17)24(21(22)27)13-20(26)23-10-9-15-5-1-2-6-16(15)12-23/h1-8,18,25H,9-14H2/t18-,22+/m0/s1. The number of carbonyl (C=O) groups excluding carboxylic acids is 2. The van der Waals surface area contributed by atoms with Crippen molar-refractivity contribution in [1.29, 1.82) is 0 Å². The lowest BCUT2D eigenvalue weighted by Crippen LogP contribution is -2.49. The van der Waals surface area contributed by atoms with Gasteiger partial charge in [-0.2, -0.15) is 0 Å². The van der Waals surface area contributed by atoms with E-state index in [0.717, 1.165) is 17.7 Å². The van der Waals surface area contributed by atoms with Gasteiger partial charge in [0.25, 0.3) is 0 Å². The van der Waals surface area contributed by atoms with Crippen LogP contribution in [0.15, 0.2) is 48.5 Å². The first-order chi connectivity index (χ1) is 13.1. The monoisotopic (exact) mass is 362 g/mol. The molecule has 2 atom stereocenters. The highest BCUT2D eigenvalue weighted by molar-refractivity contribution is 6.07. The summed E-state index contributed by atoms with van der Waals surface area (Å²) in [6.07, 6.45) is 1.51. The molecule has 0 bridgehead atoms. The summed E-state index contributed by atoms with van der Waals surface area (Å²) in [5.74, 6) is -0.0706. The average Bonchev–Trinajstić information content (AvgIpc) is 3.47. The zero-order valence-corrected chi connectivity index (χ0v) is 15.1. The van der Waals surface area contributed by atoms with Gasteiger partial charge < -0.3 is 14.9 Å². The molecule has 27 heavy (non-hydrogen) atoms. The van der Waals surface area contributed by atoms with Crippen molar-refractivity contribution in [2.24, 2.45) is 5.41 Å². The topological polar surface area (TPSA) is 60.9 Å². The molecule has 0 saturated heterocycles. The van der Waals surface area contributed by atoms with Gasteiger partial charge in [-0.1, -0.05) is 42.5 Å². The molecule has 2 heterocycles. The highest BCUT2D eigenvalue weighted by Crippen LogP contribution is 2.64. The third kappa shape index (κ3) is 2.42. The number of aliphatic hydroxyl groups excluding tert-OH is 1. The molecule has 0 radical (unpaired) electrons. The zero-order chi connectivity index (χ0) is 18.6. The predicted octanol–water partition coefficient (Wildman–Crippen LogP) is 2.08. The number of hydrogen-bond donors (Lipinski definition) is 1. The van der Waals surface area contributed by atoms with Crippen LogP contribution in [0.4, 0.5) is 5.69 Å². The SMILES string of the molecule is O=C(CN1C(=O)[C@@]2(CO)C[C@H]2c2ccccc21)N1CCc2ccccc2C1. The number of carbonyl (C=O) groups is 2. The van der Waals surface area contributed by atoms with Crippen LogP contribution in [-0.2, 0) is 22.6 Å². The van der Waals surface area contributed by atoms with Crippen LogP contribution in [0.25, 0.3) is 0 Å². The van der Waals surface area contributed by atoms with E-state index in [1.54, 1.807) is 4.90 Å². The summed E-state index contributed by atoms with van der Waals surface area (Å²) in [6.45, 7) is 1.14. The van der Waals surface area contributed by atoms with Gasteiger partial charge in [0.2, 0.25) is 11.8 Å². The molecular weight excluding hydrogens is 340 g/mol. The molecule has 5 heteroatoms. The maximum absolute atomic E-state index is 13.1. The van der Waals surface area contributed by atoms with Gasteiger partial charge in [0.05, 0.1) is 12.0 Å². The Bertz CT molecular complexity index is 941. The molecule has 2 aliphatic heterocycles. The van der Waals surface area contributed by atoms with Gasteiger partial charge in [-0.05, 0) is 35.6 Å². The van der Waals surface area contributed by atoms with Crippen molar-refractivity contribution >= 4 is 17.5 Å². The molecule has 0 unspecified atom stereocenters. The lowest BCUT2D eigenvalue weighted by molar-refractivity contribution is -0.133. The highest BCUT2D eigenvalue weighted by atomic mass is 16.3. The van der Waals surface area contributed by atoms with E-state index in [2.05, 4.69) is 12.1 Å². The second-order valence-corrected chi connectivity index (χ2v) is 7.86. The second kappa shape index (κ2) is 5.92. The second-order valence-electron chi connectivity index (χ2n) is 7.86. The summed E-state index contributed by atoms with van der Waals surface area (Å²) in [4.78, 5) is 29.5. The minimum atomic E-state index is -0.719. The Kier molecular flexibility index (Phi) is 3.62. The lowest BCUT2D eigenvalue weighted by atomic mass is 9.92. The molecule has 1 N–H and O–H groups in total. The van der Waals surface area contributed by atoms with Crippen LogP contribution in [0.2, 0.25) is 0 Å². The summed E-state index contributed by atoms with van der Waals surface area (Å²) in [5.41, 5.74) is 3.64. The van der Waals surface area contributed by atoms with E-state index >= 15 is 0 Å². The summed E-state index contributed by atoms with van der Waals surface area (Å²) in [7, 11) is 0. The number of anilines is 1. The first kappa shape index (κ1) is 16.5. The van der Waals surface area contributed by atoms with Crippen LogP contribution >= 0.6 is 0 Å². The Morgan fingerprint density at radius 2 is 1.85 bits per heavy atom. The average molecular weight is 362 g/mol. The van der Waals surface area contributed by atoms with Crippen molar-refractivity contribution in [2.75, 3.05) is 24.6 Å². The molecule has 3 aliphatic rings. The Morgan fingerprint density at radius 3 is 2.67 bits per heavy atom. The van der Waals surface area contributed by atoms with Crippen LogP contribution in [0.3, 0.4) is 0 Å². The normalized spacial score (nSPS) is 25.5. The number of fused-ring (bicyclic) bond motifs is 4. The summed E-state index contributed by atoms with van der Waals surface area (Å²) in [6, 6.07) is 16.0. The minimum Gasteiger partial charge on any atom is -0.395 e. The highest BCUT2D eigenvalue weighted by Gasteiger charge is 2.65. The maximum Gasteiger partial charge on any atom is 0.242 e. The molecule has 1 aliphatic carbocycles. The van der Waals surface area contributed by atoms with Gasteiger partial charge in [0, 0.05) is 24.7 Å². The minimum absolute atomic E-state index is 0.0342.